The summed E-state index contributed by atoms with van der Waals surface area (Å²) in [6.07, 6.45) is 0.796. The van der Waals surface area contributed by atoms with Gasteiger partial charge in [0.2, 0.25) is 0 Å². The van der Waals surface area contributed by atoms with Crippen LogP contribution < -0.4 is 10.1 Å². The van der Waals surface area contributed by atoms with Gasteiger partial charge in [-0.15, -0.1) is 0 Å². The molecule has 1 fully saturated rings. The van der Waals surface area contributed by atoms with Crippen LogP contribution in [0.2, 0.25) is 0 Å². The van der Waals surface area contributed by atoms with Gasteiger partial charge in [0.15, 0.2) is 6.61 Å². The predicted octanol–water partition coefficient (Wildman–Crippen LogP) is 1.83. The van der Waals surface area contributed by atoms with Crippen molar-refractivity contribution in [2.24, 2.45) is 5.41 Å². The maximum atomic E-state index is 11.8. The third-order valence-corrected chi connectivity index (χ3v) is 4.19. The number of carboxylic acid groups (broad SMARTS) is 1. The number of halogens is 1. The number of carbonyl (C=O) groups excluding carboxylic acids is 1. The number of rotatable bonds is 6. The topological polar surface area (TPSA) is 84.9 Å². The Morgan fingerprint density at radius 3 is 2.73 bits per heavy atom. The number of ether oxygens (including phenoxy) is 2. The fourth-order valence-electron chi connectivity index (χ4n) is 2.25. The molecule has 1 aromatic rings. The molecule has 6 nitrogen and oxygen atoms in total. The van der Waals surface area contributed by atoms with Gasteiger partial charge in [-0.25, -0.2) is 0 Å². The smallest absolute Gasteiger partial charge is 0.311 e. The number of benzene rings is 1. The van der Waals surface area contributed by atoms with E-state index in [0.29, 0.717) is 31.8 Å². The highest BCUT2D eigenvalue weighted by atomic mass is 79.9. The first kappa shape index (κ1) is 16.8. The molecule has 0 bridgehead atoms. The summed E-state index contributed by atoms with van der Waals surface area (Å²) < 4.78 is 11.4. The normalized spacial score (nSPS) is 16.8. The van der Waals surface area contributed by atoms with Crippen molar-refractivity contribution in [3.8, 4) is 5.75 Å². The summed E-state index contributed by atoms with van der Waals surface area (Å²) in [6.45, 7) is 0.739. The standard InChI is InChI=1S/C15H18BrNO5/c16-11-2-1-3-12(8-11)22-9-13(18)17-10-15(14(19)20)4-6-21-7-5-15/h1-3,8H,4-7,9-10H2,(H,17,18)(H,19,20). The number of hydrogen-bond acceptors (Lipinski definition) is 4. The minimum atomic E-state index is -0.941. The molecule has 0 aromatic heterocycles. The molecule has 1 amide bonds. The van der Waals surface area contributed by atoms with Crippen molar-refractivity contribution in [3.63, 3.8) is 0 Å². The van der Waals surface area contributed by atoms with E-state index in [-0.39, 0.29) is 19.1 Å². The first-order valence-electron chi connectivity index (χ1n) is 6.98. The van der Waals surface area contributed by atoms with E-state index >= 15 is 0 Å². The van der Waals surface area contributed by atoms with Gasteiger partial charge in [-0.1, -0.05) is 22.0 Å². The number of nitrogens with one attached hydrogen (secondary N) is 1. The number of aliphatic carboxylic acids is 1. The molecular formula is C15H18BrNO5. The van der Waals surface area contributed by atoms with Gasteiger partial charge in [0.25, 0.3) is 5.91 Å². The number of hydrogen-bond donors (Lipinski definition) is 2. The summed E-state index contributed by atoms with van der Waals surface area (Å²) in [7, 11) is 0. The minimum absolute atomic E-state index is 0.0897. The second kappa shape index (κ2) is 7.60. The van der Waals surface area contributed by atoms with Gasteiger partial charge < -0.3 is 19.9 Å². The largest absolute Gasteiger partial charge is 0.484 e. The van der Waals surface area contributed by atoms with Crippen LogP contribution in [0.15, 0.2) is 28.7 Å². The molecule has 2 rings (SSSR count). The van der Waals surface area contributed by atoms with Crippen LogP contribution in [0.1, 0.15) is 12.8 Å². The van der Waals surface area contributed by atoms with Crippen molar-refractivity contribution in [2.75, 3.05) is 26.4 Å². The molecule has 7 heteroatoms. The van der Waals surface area contributed by atoms with E-state index in [9.17, 15) is 14.7 Å². The molecular weight excluding hydrogens is 354 g/mol. The van der Waals surface area contributed by atoms with Gasteiger partial charge in [0, 0.05) is 24.2 Å². The maximum Gasteiger partial charge on any atom is 0.311 e. The van der Waals surface area contributed by atoms with E-state index < -0.39 is 11.4 Å². The van der Waals surface area contributed by atoms with Crippen LogP contribution in [0.5, 0.6) is 5.75 Å². The fourth-order valence-corrected chi connectivity index (χ4v) is 2.63. The SMILES string of the molecule is O=C(COc1cccc(Br)c1)NCC1(C(=O)O)CCOCC1. The van der Waals surface area contributed by atoms with Crippen LogP contribution in [0.3, 0.4) is 0 Å². The Labute approximate surface area is 136 Å². The van der Waals surface area contributed by atoms with E-state index in [1.165, 1.54) is 0 Å². The highest BCUT2D eigenvalue weighted by molar-refractivity contribution is 9.10. The Hall–Kier alpha value is -1.60. The second-order valence-electron chi connectivity index (χ2n) is 5.22. The summed E-state index contributed by atoms with van der Waals surface area (Å²) in [5.41, 5.74) is -0.941. The monoisotopic (exact) mass is 371 g/mol. The highest BCUT2D eigenvalue weighted by Crippen LogP contribution is 2.30. The zero-order valence-electron chi connectivity index (χ0n) is 12.0. The lowest BCUT2D eigenvalue weighted by Gasteiger charge is -2.33. The summed E-state index contributed by atoms with van der Waals surface area (Å²) in [5.74, 6) is -0.667. The lowest BCUT2D eigenvalue weighted by Crippen LogP contribution is -2.47. The van der Waals surface area contributed by atoms with Crippen molar-refractivity contribution in [1.82, 2.24) is 5.32 Å². The van der Waals surface area contributed by atoms with Crippen molar-refractivity contribution < 1.29 is 24.2 Å². The Bertz CT molecular complexity index is 542. The van der Waals surface area contributed by atoms with E-state index in [1.54, 1.807) is 18.2 Å². The van der Waals surface area contributed by atoms with Crippen molar-refractivity contribution >= 4 is 27.8 Å². The van der Waals surface area contributed by atoms with E-state index in [0.717, 1.165) is 4.47 Å². The third kappa shape index (κ3) is 4.45. The molecule has 22 heavy (non-hydrogen) atoms. The minimum Gasteiger partial charge on any atom is -0.484 e. The molecule has 0 radical (unpaired) electrons. The molecule has 1 saturated heterocycles. The Kier molecular flexibility index (Phi) is 5.79. The van der Waals surface area contributed by atoms with Crippen molar-refractivity contribution in [2.45, 2.75) is 12.8 Å². The molecule has 1 heterocycles. The van der Waals surface area contributed by atoms with E-state index in [1.807, 2.05) is 6.07 Å². The lowest BCUT2D eigenvalue weighted by atomic mass is 9.80. The van der Waals surface area contributed by atoms with Gasteiger partial charge in [-0.05, 0) is 31.0 Å². The van der Waals surface area contributed by atoms with Gasteiger partial charge >= 0.3 is 5.97 Å². The summed E-state index contributed by atoms with van der Waals surface area (Å²) >= 11 is 3.32. The highest BCUT2D eigenvalue weighted by Gasteiger charge is 2.40. The van der Waals surface area contributed by atoms with Gasteiger partial charge in [0.05, 0.1) is 5.41 Å². The Morgan fingerprint density at radius 2 is 2.09 bits per heavy atom. The first-order chi connectivity index (χ1) is 10.5. The van der Waals surface area contributed by atoms with Crippen LogP contribution in [0.4, 0.5) is 0 Å². The Morgan fingerprint density at radius 1 is 1.36 bits per heavy atom. The molecule has 0 saturated carbocycles. The lowest BCUT2D eigenvalue weighted by molar-refractivity contribution is -0.154. The summed E-state index contributed by atoms with van der Waals surface area (Å²) in [4.78, 5) is 23.3. The van der Waals surface area contributed by atoms with Gasteiger partial charge in [0.1, 0.15) is 5.75 Å². The zero-order chi connectivity index (χ0) is 16.0. The quantitative estimate of drug-likeness (QED) is 0.796. The molecule has 0 aliphatic carbocycles. The molecule has 0 spiro atoms. The average molecular weight is 372 g/mol. The number of carbonyl (C=O) groups is 2. The van der Waals surface area contributed by atoms with Crippen molar-refractivity contribution in [1.29, 1.82) is 0 Å². The molecule has 1 aromatic carbocycles. The summed E-state index contributed by atoms with van der Waals surface area (Å²) in [6, 6.07) is 7.16. The Balaban J connectivity index is 1.82. The molecule has 120 valence electrons. The molecule has 0 unspecified atom stereocenters. The first-order valence-corrected chi connectivity index (χ1v) is 7.77. The zero-order valence-corrected chi connectivity index (χ0v) is 13.6. The van der Waals surface area contributed by atoms with E-state index in [4.69, 9.17) is 9.47 Å². The second-order valence-corrected chi connectivity index (χ2v) is 6.14. The number of amides is 1. The van der Waals surface area contributed by atoms with Crippen LogP contribution in [0.25, 0.3) is 0 Å². The van der Waals surface area contributed by atoms with Crippen molar-refractivity contribution in [3.05, 3.63) is 28.7 Å². The molecule has 1 aliphatic heterocycles. The van der Waals surface area contributed by atoms with Gasteiger partial charge in [-0.2, -0.15) is 0 Å². The van der Waals surface area contributed by atoms with Crippen LogP contribution in [0, 0.1) is 5.41 Å². The van der Waals surface area contributed by atoms with Gasteiger partial charge in [-0.3, -0.25) is 9.59 Å². The average Bonchev–Trinajstić information content (AvgIpc) is 2.52. The van der Waals surface area contributed by atoms with Crippen LogP contribution in [-0.2, 0) is 14.3 Å². The summed E-state index contributed by atoms with van der Waals surface area (Å²) in [5, 5.41) is 12.0. The molecule has 1 aliphatic rings. The predicted molar refractivity (Wildman–Crippen MR) is 82.8 cm³/mol. The molecule has 0 atom stereocenters. The van der Waals surface area contributed by atoms with Crippen LogP contribution >= 0.6 is 15.9 Å². The maximum absolute atomic E-state index is 11.8. The number of carboxylic acids is 1. The van der Waals surface area contributed by atoms with E-state index in [2.05, 4.69) is 21.2 Å². The fraction of sp³-hybridized carbons (Fsp3) is 0.467. The van der Waals surface area contributed by atoms with Crippen LogP contribution in [-0.4, -0.2) is 43.3 Å². The molecule has 2 N–H and O–H groups in total. The third-order valence-electron chi connectivity index (χ3n) is 3.69.